The number of terminal acetylenes is 1. The molecule has 0 aromatic heterocycles. The van der Waals surface area contributed by atoms with Gasteiger partial charge in [-0.25, -0.2) is 0 Å². The number of hydrogen-bond donors (Lipinski definition) is 1. The van der Waals surface area contributed by atoms with Crippen molar-refractivity contribution in [2.75, 3.05) is 13.2 Å². The van der Waals surface area contributed by atoms with Gasteiger partial charge in [0.1, 0.15) is 0 Å². The molecule has 0 aromatic rings. The van der Waals surface area contributed by atoms with Gasteiger partial charge in [0, 0.05) is 26.0 Å². The first kappa shape index (κ1) is 12.1. The molecular weight excluding hydrogens is 190 g/mol. The lowest BCUT2D eigenvalue weighted by molar-refractivity contribution is -0.121. The van der Waals surface area contributed by atoms with E-state index in [1.807, 2.05) is 0 Å². The maximum atomic E-state index is 11.3. The zero-order valence-corrected chi connectivity index (χ0v) is 9.13. The smallest absolute Gasteiger partial charge is 0.220 e. The molecule has 1 unspecified atom stereocenters. The highest BCUT2D eigenvalue weighted by molar-refractivity contribution is 5.75. The van der Waals surface area contributed by atoms with Crippen LogP contribution in [-0.2, 0) is 9.53 Å². The van der Waals surface area contributed by atoms with E-state index in [4.69, 9.17) is 11.2 Å². The number of nitrogens with one attached hydrogen (secondary N) is 1. The summed E-state index contributed by atoms with van der Waals surface area (Å²) >= 11 is 0. The van der Waals surface area contributed by atoms with Gasteiger partial charge in [0.05, 0.1) is 6.10 Å². The fraction of sp³-hybridized carbons (Fsp3) is 0.750. The second-order valence-electron chi connectivity index (χ2n) is 3.83. The third-order valence-electron chi connectivity index (χ3n) is 2.54. The van der Waals surface area contributed by atoms with Gasteiger partial charge in [-0.1, -0.05) is 0 Å². The van der Waals surface area contributed by atoms with Crippen LogP contribution in [0.5, 0.6) is 0 Å². The zero-order valence-electron chi connectivity index (χ0n) is 9.13. The van der Waals surface area contributed by atoms with Crippen LogP contribution in [0.15, 0.2) is 0 Å². The number of amides is 1. The van der Waals surface area contributed by atoms with Gasteiger partial charge in [0.15, 0.2) is 0 Å². The highest BCUT2D eigenvalue weighted by Gasteiger charge is 2.16. The molecule has 1 heterocycles. The molecule has 0 radical (unpaired) electrons. The number of carbonyl (C=O) groups is 1. The second-order valence-corrected chi connectivity index (χ2v) is 3.83. The molecule has 0 aromatic carbocycles. The first-order valence-electron chi connectivity index (χ1n) is 5.64. The molecule has 1 atom stereocenters. The molecule has 1 saturated heterocycles. The molecule has 84 valence electrons. The Labute approximate surface area is 91.6 Å². The summed E-state index contributed by atoms with van der Waals surface area (Å²) in [7, 11) is 0. The van der Waals surface area contributed by atoms with Gasteiger partial charge < -0.3 is 10.1 Å². The normalized spacial score (nSPS) is 19.8. The van der Waals surface area contributed by atoms with Crippen molar-refractivity contribution < 1.29 is 9.53 Å². The van der Waals surface area contributed by atoms with Crippen LogP contribution < -0.4 is 5.32 Å². The molecule has 0 saturated carbocycles. The zero-order chi connectivity index (χ0) is 10.9. The van der Waals surface area contributed by atoms with Crippen molar-refractivity contribution in [3.8, 4) is 12.3 Å². The minimum atomic E-state index is 0.113. The first-order valence-corrected chi connectivity index (χ1v) is 5.64. The van der Waals surface area contributed by atoms with Crippen LogP contribution in [-0.4, -0.2) is 25.2 Å². The summed E-state index contributed by atoms with van der Waals surface area (Å²) in [5, 5.41) is 2.85. The highest BCUT2D eigenvalue weighted by Crippen LogP contribution is 2.16. The molecule has 15 heavy (non-hydrogen) atoms. The average molecular weight is 209 g/mol. The van der Waals surface area contributed by atoms with E-state index < -0.39 is 0 Å². The molecule has 1 fully saturated rings. The molecule has 3 heteroatoms. The quantitative estimate of drug-likeness (QED) is 0.531. The van der Waals surface area contributed by atoms with Crippen molar-refractivity contribution in [1.29, 1.82) is 0 Å². The van der Waals surface area contributed by atoms with E-state index in [-0.39, 0.29) is 5.91 Å². The summed E-state index contributed by atoms with van der Waals surface area (Å²) in [5.74, 6) is 2.66. The van der Waals surface area contributed by atoms with E-state index in [1.165, 1.54) is 0 Å². The van der Waals surface area contributed by atoms with E-state index in [1.54, 1.807) is 0 Å². The number of carbonyl (C=O) groups excluding carboxylic acids is 1. The molecule has 0 spiro atoms. The van der Waals surface area contributed by atoms with Crippen molar-refractivity contribution in [3.05, 3.63) is 0 Å². The van der Waals surface area contributed by atoms with Crippen LogP contribution in [0.4, 0.5) is 0 Å². The lowest BCUT2D eigenvalue weighted by atomic mass is 10.1. The van der Waals surface area contributed by atoms with Crippen molar-refractivity contribution >= 4 is 5.91 Å². The van der Waals surface area contributed by atoms with E-state index >= 15 is 0 Å². The summed E-state index contributed by atoms with van der Waals surface area (Å²) in [6.45, 7) is 1.54. The van der Waals surface area contributed by atoms with Gasteiger partial charge in [-0.05, 0) is 25.7 Å². The minimum absolute atomic E-state index is 0.113. The summed E-state index contributed by atoms with van der Waals surface area (Å²) in [6.07, 6.45) is 10.7. The van der Waals surface area contributed by atoms with E-state index in [0.29, 0.717) is 19.1 Å². The number of unbranched alkanes of at least 4 members (excludes halogenated alkanes) is 1. The van der Waals surface area contributed by atoms with Crippen LogP contribution in [0.3, 0.4) is 0 Å². The van der Waals surface area contributed by atoms with Crippen molar-refractivity contribution in [3.63, 3.8) is 0 Å². The Bertz CT molecular complexity index is 226. The molecule has 0 aliphatic carbocycles. The Morgan fingerprint density at radius 1 is 1.60 bits per heavy atom. The molecule has 3 nitrogen and oxygen atoms in total. The minimum Gasteiger partial charge on any atom is -0.378 e. The monoisotopic (exact) mass is 209 g/mol. The Balaban J connectivity index is 1.96. The number of rotatable bonds is 6. The van der Waals surface area contributed by atoms with E-state index in [9.17, 15) is 4.79 Å². The van der Waals surface area contributed by atoms with Crippen LogP contribution in [0, 0.1) is 12.3 Å². The fourth-order valence-electron chi connectivity index (χ4n) is 1.67. The SMILES string of the molecule is C#CCCCNC(=O)CCC1CCCO1. The van der Waals surface area contributed by atoms with E-state index in [0.717, 1.165) is 38.7 Å². The predicted molar refractivity (Wildman–Crippen MR) is 59.3 cm³/mol. The third kappa shape index (κ3) is 5.44. The number of ether oxygens (including phenoxy) is 1. The van der Waals surface area contributed by atoms with Crippen molar-refractivity contribution in [2.45, 2.75) is 44.6 Å². The van der Waals surface area contributed by atoms with Gasteiger partial charge >= 0.3 is 0 Å². The number of hydrogen-bond acceptors (Lipinski definition) is 2. The second kappa shape index (κ2) is 7.30. The Morgan fingerprint density at radius 3 is 3.13 bits per heavy atom. The molecule has 1 amide bonds. The third-order valence-corrected chi connectivity index (χ3v) is 2.54. The largest absolute Gasteiger partial charge is 0.378 e. The standard InChI is InChI=1S/C12H19NO2/c1-2-3-4-9-13-12(14)8-7-11-6-5-10-15-11/h1,11H,3-10H2,(H,13,14). The molecular formula is C12H19NO2. The Hall–Kier alpha value is -1.01. The summed E-state index contributed by atoms with van der Waals surface area (Å²) in [6, 6.07) is 0. The van der Waals surface area contributed by atoms with Crippen LogP contribution >= 0.6 is 0 Å². The maximum absolute atomic E-state index is 11.3. The summed E-state index contributed by atoms with van der Waals surface area (Å²) in [4.78, 5) is 11.3. The molecule has 0 bridgehead atoms. The van der Waals surface area contributed by atoms with Crippen LogP contribution in [0.1, 0.15) is 38.5 Å². The van der Waals surface area contributed by atoms with Crippen molar-refractivity contribution in [2.24, 2.45) is 0 Å². The fourth-order valence-corrected chi connectivity index (χ4v) is 1.67. The van der Waals surface area contributed by atoms with Gasteiger partial charge in [-0.15, -0.1) is 12.3 Å². The van der Waals surface area contributed by atoms with Crippen molar-refractivity contribution in [1.82, 2.24) is 5.32 Å². The van der Waals surface area contributed by atoms with E-state index in [2.05, 4.69) is 11.2 Å². The van der Waals surface area contributed by atoms with Crippen LogP contribution in [0.25, 0.3) is 0 Å². The predicted octanol–water partition coefficient (Wildman–Crippen LogP) is 1.48. The highest BCUT2D eigenvalue weighted by atomic mass is 16.5. The Morgan fingerprint density at radius 2 is 2.47 bits per heavy atom. The molecule has 1 aliphatic heterocycles. The van der Waals surface area contributed by atoms with Gasteiger partial charge in [0.25, 0.3) is 0 Å². The Kier molecular flexibility index (Phi) is 5.87. The maximum Gasteiger partial charge on any atom is 0.220 e. The topological polar surface area (TPSA) is 38.3 Å². The summed E-state index contributed by atoms with van der Waals surface area (Å²) < 4.78 is 5.44. The summed E-state index contributed by atoms with van der Waals surface area (Å²) in [5.41, 5.74) is 0. The lowest BCUT2D eigenvalue weighted by Crippen LogP contribution is -2.25. The van der Waals surface area contributed by atoms with Gasteiger partial charge in [0.2, 0.25) is 5.91 Å². The van der Waals surface area contributed by atoms with Gasteiger partial charge in [-0.2, -0.15) is 0 Å². The molecule has 1 N–H and O–H groups in total. The molecule has 1 rings (SSSR count). The van der Waals surface area contributed by atoms with Gasteiger partial charge in [-0.3, -0.25) is 4.79 Å². The van der Waals surface area contributed by atoms with Crippen LogP contribution in [0.2, 0.25) is 0 Å². The average Bonchev–Trinajstić information content (AvgIpc) is 2.74. The molecule has 1 aliphatic rings. The lowest BCUT2D eigenvalue weighted by Gasteiger charge is -2.08. The first-order chi connectivity index (χ1) is 7.33.